The lowest BCUT2D eigenvalue weighted by molar-refractivity contribution is -0.121. The van der Waals surface area contributed by atoms with Crippen molar-refractivity contribution in [1.29, 1.82) is 0 Å². The molecule has 0 atom stereocenters. The Labute approximate surface area is 115 Å². The van der Waals surface area contributed by atoms with Gasteiger partial charge in [0.25, 0.3) is 0 Å². The SMILES string of the molecule is Cc1ccc(CCC(=O)NCC2(CN)CC2)c(C)c1. The van der Waals surface area contributed by atoms with E-state index in [4.69, 9.17) is 5.73 Å². The van der Waals surface area contributed by atoms with Gasteiger partial charge in [0.15, 0.2) is 0 Å². The van der Waals surface area contributed by atoms with Crippen molar-refractivity contribution in [2.75, 3.05) is 13.1 Å². The molecule has 0 unspecified atom stereocenters. The number of hydrogen-bond donors (Lipinski definition) is 2. The highest BCUT2D eigenvalue weighted by atomic mass is 16.1. The average molecular weight is 260 g/mol. The minimum Gasteiger partial charge on any atom is -0.355 e. The summed E-state index contributed by atoms with van der Waals surface area (Å²) in [7, 11) is 0. The van der Waals surface area contributed by atoms with Gasteiger partial charge in [-0.3, -0.25) is 4.79 Å². The lowest BCUT2D eigenvalue weighted by Gasteiger charge is -2.13. The summed E-state index contributed by atoms with van der Waals surface area (Å²) in [4.78, 5) is 11.8. The van der Waals surface area contributed by atoms with Gasteiger partial charge in [-0.1, -0.05) is 23.8 Å². The van der Waals surface area contributed by atoms with Crippen LogP contribution in [0.1, 0.15) is 36.0 Å². The molecule has 1 aliphatic rings. The molecular weight excluding hydrogens is 236 g/mol. The van der Waals surface area contributed by atoms with E-state index in [0.29, 0.717) is 13.0 Å². The maximum Gasteiger partial charge on any atom is 0.220 e. The van der Waals surface area contributed by atoms with Crippen LogP contribution in [0.5, 0.6) is 0 Å². The first-order chi connectivity index (χ1) is 9.04. The van der Waals surface area contributed by atoms with E-state index in [9.17, 15) is 4.79 Å². The van der Waals surface area contributed by atoms with Crippen molar-refractivity contribution >= 4 is 5.91 Å². The molecule has 0 radical (unpaired) electrons. The summed E-state index contributed by atoms with van der Waals surface area (Å²) in [5.74, 6) is 0.139. The molecule has 0 saturated heterocycles. The second-order valence-electron chi connectivity index (χ2n) is 5.91. The Hall–Kier alpha value is -1.35. The van der Waals surface area contributed by atoms with Gasteiger partial charge in [0.05, 0.1) is 0 Å². The van der Waals surface area contributed by atoms with E-state index >= 15 is 0 Å². The summed E-state index contributed by atoms with van der Waals surface area (Å²) < 4.78 is 0. The molecule has 19 heavy (non-hydrogen) atoms. The maximum absolute atomic E-state index is 11.8. The smallest absolute Gasteiger partial charge is 0.220 e. The predicted molar refractivity (Wildman–Crippen MR) is 78.0 cm³/mol. The minimum atomic E-state index is 0.139. The molecule has 0 spiro atoms. The molecule has 1 amide bonds. The van der Waals surface area contributed by atoms with Gasteiger partial charge in [-0.05, 0) is 56.2 Å². The number of rotatable bonds is 6. The van der Waals surface area contributed by atoms with E-state index < -0.39 is 0 Å². The number of carbonyl (C=O) groups excluding carboxylic acids is 1. The Bertz CT molecular complexity index is 464. The Morgan fingerprint density at radius 1 is 1.37 bits per heavy atom. The van der Waals surface area contributed by atoms with E-state index in [0.717, 1.165) is 25.8 Å². The summed E-state index contributed by atoms with van der Waals surface area (Å²) >= 11 is 0. The molecule has 1 saturated carbocycles. The van der Waals surface area contributed by atoms with Crippen LogP contribution in [0.4, 0.5) is 0 Å². The standard InChI is InChI=1S/C16H24N2O/c1-12-3-4-14(13(2)9-12)5-6-15(19)18-11-16(10-17)7-8-16/h3-4,9H,5-8,10-11,17H2,1-2H3,(H,18,19). The Kier molecular flexibility index (Phi) is 4.25. The van der Waals surface area contributed by atoms with Gasteiger partial charge in [0.1, 0.15) is 0 Å². The number of amides is 1. The van der Waals surface area contributed by atoms with Crippen LogP contribution in [0.3, 0.4) is 0 Å². The van der Waals surface area contributed by atoms with Gasteiger partial charge in [-0.25, -0.2) is 0 Å². The van der Waals surface area contributed by atoms with E-state index in [1.165, 1.54) is 16.7 Å². The van der Waals surface area contributed by atoms with Crippen LogP contribution >= 0.6 is 0 Å². The predicted octanol–water partition coefficient (Wildman–Crippen LogP) is 2.09. The number of nitrogens with one attached hydrogen (secondary N) is 1. The summed E-state index contributed by atoms with van der Waals surface area (Å²) in [5.41, 5.74) is 9.72. The fourth-order valence-electron chi connectivity index (χ4n) is 2.38. The van der Waals surface area contributed by atoms with Gasteiger partial charge >= 0.3 is 0 Å². The number of benzene rings is 1. The zero-order valence-electron chi connectivity index (χ0n) is 12.0. The molecule has 0 bridgehead atoms. The summed E-state index contributed by atoms with van der Waals surface area (Å²) in [5, 5.41) is 3.02. The van der Waals surface area contributed by atoms with E-state index in [-0.39, 0.29) is 11.3 Å². The largest absolute Gasteiger partial charge is 0.355 e. The van der Waals surface area contributed by atoms with Gasteiger partial charge in [0, 0.05) is 13.0 Å². The Balaban J connectivity index is 1.77. The summed E-state index contributed by atoms with van der Waals surface area (Å²) in [6.07, 6.45) is 3.68. The molecule has 3 N–H and O–H groups in total. The zero-order valence-corrected chi connectivity index (χ0v) is 12.0. The van der Waals surface area contributed by atoms with Crippen LogP contribution in [-0.2, 0) is 11.2 Å². The summed E-state index contributed by atoms with van der Waals surface area (Å²) in [6.45, 7) is 5.62. The van der Waals surface area contributed by atoms with Gasteiger partial charge < -0.3 is 11.1 Å². The molecule has 3 nitrogen and oxygen atoms in total. The van der Waals surface area contributed by atoms with Crippen molar-refractivity contribution in [2.24, 2.45) is 11.1 Å². The second kappa shape index (κ2) is 5.74. The van der Waals surface area contributed by atoms with Crippen molar-refractivity contribution in [2.45, 2.75) is 39.5 Å². The topological polar surface area (TPSA) is 55.1 Å². The third-order valence-electron chi connectivity index (χ3n) is 4.17. The van der Waals surface area contributed by atoms with Crippen LogP contribution in [0, 0.1) is 19.3 Å². The fourth-order valence-corrected chi connectivity index (χ4v) is 2.38. The van der Waals surface area contributed by atoms with Gasteiger partial charge in [-0.2, -0.15) is 0 Å². The van der Waals surface area contributed by atoms with E-state index in [2.05, 4.69) is 37.4 Å². The summed E-state index contributed by atoms with van der Waals surface area (Å²) in [6, 6.07) is 6.40. The molecule has 1 aromatic carbocycles. The van der Waals surface area contributed by atoms with Crippen molar-refractivity contribution in [3.63, 3.8) is 0 Å². The highest BCUT2D eigenvalue weighted by molar-refractivity contribution is 5.76. The van der Waals surface area contributed by atoms with Crippen molar-refractivity contribution in [3.05, 3.63) is 34.9 Å². The lowest BCUT2D eigenvalue weighted by Crippen LogP contribution is -2.34. The number of nitrogens with two attached hydrogens (primary N) is 1. The molecule has 104 valence electrons. The van der Waals surface area contributed by atoms with Crippen LogP contribution in [0.15, 0.2) is 18.2 Å². The molecular formula is C16H24N2O. The first-order valence-corrected chi connectivity index (χ1v) is 7.08. The zero-order chi connectivity index (χ0) is 13.9. The second-order valence-corrected chi connectivity index (χ2v) is 5.91. The van der Waals surface area contributed by atoms with Crippen LogP contribution in [0.2, 0.25) is 0 Å². The quantitative estimate of drug-likeness (QED) is 0.823. The molecule has 1 fully saturated rings. The van der Waals surface area contributed by atoms with E-state index in [1.807, 2.05) is 0 Å². The average Bonchev–Trinajstić information content (AvgIpc) is 3.16. The van der Waals surface area contributed by atoms with Crippen LogP contribution in [-0.4, -0.2) is 19.0 Å². The molecule has 1 aromatic rings. The highest BCUT2D eigenvalue weighted by Crippen LogP contribution is 2.43. The first-order valence-electron chi connectivity index (χ1n) is 7.08. The molecule has 1 aliphatic carbocycles. The Morgan fingerprint density at radius 2 is 2.11 bits per heavy atom. The van der Waals surface area contributed by atoms with Gasteiger partial charge in [-0.15, -0.1) is 0 Å². The normalized spacial score (nSPS) is 16.2. The van der Waals surface area contributed by atoms with Crippen molar-refractivity contribution in [1.82, 2.24) is 5.32 Å². The molecule has 2 rings (SSSR count). The van der Waals surface area contributed by atoms with Crippen LogP contribution < -0.4 is 11.1 Å². The number of hydrogen-bond acceptors (Lipinski definition) is 2. The molecule has 0 heterocycles. The lowest BCUT2D eigenvalue weighted by atomic mass is 10.0. The minimum absolute atomic E-state index is 0.139. The third kappa shape index (κ3) is 3.80. The maximum atomic E-state index is 11.8. The third-order valence-corrected chi connectivity index (χ3v) is 4.17. The highest BCUT2D eigenvalue weighted by Gasteiger charge is 2.41. The van der Waals surface area contributed by atoms with Gasteiger partial charge in [0.2, 0.25) is 5.91 Å². The first kappa shape index (κ1) is 14.1. The number of carbonyl (C=O) groups is 1. The monoisotopic (exact) mass is 260 g/mol. The molecule has 0 aromatic heterocycles. The Morgan fingerprint density at radius 3 is 2.68 bits per heavy atom. The fraction of sp³-hybridized carbons (Fsp3) is 0.562. The van der Waals surface area contributed by atoms with Crippen molar-refractivity contribution < 1.29 is 4.79 Å². The number of aryl methyl sites for hydroxylation is 3. The molecule has 3 heteroatoms. The van der Waals surface area contributed by atoms with E-state index in [1.54, 1.807) is 0 Å². The van der Waals surface area contributed by atoms with Crippen LogP contribution in [0.25, 0.3) is 0 Å². The van der Waals surface area contributed by atoms with Crippen molar-refractivity contribution in [3.8, 4) is 0 Å². The molecule has 0 aliphatic heterocycles.